The molecule has 0 spiro atoms. The Labute approximate surface area is 167 Å². The van der Waals surface area contributed by atoms with Crippen LogP contribution in [0.2, 0.25) is 0 Å². The number of aromatic nitrogens is 2. The highest BCUT2D eigenvalue weighted by Crippen LogP contribution is 2.14. The number of nitrogens with one attached hydrogen (secondary N) is 2. The number of hydrogen-bond donors (Lipinski definition) is 2. The molecule has 154 valence electrons. The average molecular weight is 407 g/mol. The van der Waals surface area contributed by atoms with Gasteiger partial charge in [-0.2, -0.15) is 5.10 Å². The Balaban J connectivity index is 1.83. The molecule has 0 aliphatic rings. The van der Waals surface area contributed by atoms with Crippen molar-refractivity contribution in [1.82, 2.24) is 19.8 Å². The maximum Gasteiger partial charge on any atom is 0.220 e. The van der Waals surface area contributed by atoms with Crippen molar-refractivity contribution < 1.29 is 13.2 Å². The molecule has 1 aromatic carbocycles. The first-order chi connectivity index (χ1) is 13.1. The molecule has 0 fully saturated rings. The molecule has 0 saturated carbocycles. The lowest BCUT2D eigenvalue weighted by Gasteiger charge is -2.10. The van der Waals surface area contributed by atoms with Crippen LogP contribution in [-0.2, 0) is 40.6 Å². The zero-order chi connectivity index (χ0) is 20.9. The van der Waals surface area contributed by atoms with E-state index in [1.54, 1.807) is 26.0 Å². The van der Waals surface area contributed by atoms with E-state index in [0.29, 0.717) is 24.9 Å². The second-order valence-corrected chi connectivity index (χ2v) is 9.15. The van der Waals surface area contributed by atoms with E-state index < -0.39 is 10.0 Å². The second kappa shape index (κ2) is 9.34. The molecule has 0 saturated heterocycles. The molecule has 8 heteroatoms. The van der Waals surface area contributed by atoms with Gasteiger partial charge in [0, 0.05) is 31.7 Å². The summed E-state index contributed by atoms with van der Waals surface area (Å²) in [5, 5.41) is 7.28. The molecule has 0 aliphatic heterocycles. The van der Waals surface area contributed by atoms with Gasteiger partial charge in [-0.15, -0.1) is 0 Å². The van der Waals surface area contributed by atoms with Crippen LogP contribution in [0.25, 0.3) is 0 Å². The summed E-state index contributed by atoms with van der Waals surface area (Å²) in [7, 11) is -1.44. The smallest absolute Gasteiger partial charge is 0.220 e. The third kappa shape index (κ3) is 6.45. The predicted octanol–water partition coefficient (Wildman–Crippen LogP) is 2.11. The summed E-state index contributed by atoms with van der Waals surface area (Å²) < 4.78 is 28.4. The highest BCUT2D eigenvalue weighted by molar-refractivity contribution is 7.88. The van der Waals surface area contributed by atoms with E-state index in [4.69, 9.17) is 0 Å². The van der Waals surface area contributed by atoms with Crippen LogP contribution in [0.15, 0.2) is 24.3 Å². The van der Waals surface area contributed by atoms with Crippen LogP contribution in [0.4, 0.5) is 0 Å². The standard InChI is InChI=1S/C20H30N4O3S/c1-14(2)23-28(26,27)13-18-8-6-17(7-9-18)12-21-20(25)11-10-19-15(3)22-24(5)16(19)4/h6-9,14,23H,10-13H2,1-5H3,(H,21,25). The van der Waals surface area contributed by atoms with Crippen molar-refractivity contribution in [2.45, 2.75) is 58.9 Å². The highest BCUT2D eigenvalue weighted by Gasteiger charge is 2.13. The summed E-state index contributed by atoms with van der Waals surface area (Å²) in [5.74, 6) is -0.0720. The predicted molar refractivity (Wildman–Crippen MR) is 110 cm³/mol. The van der Waals surface area contributed by atoms with E-state index >= 15 is 0 Å². The maximum atomic E-state index is 12.2. The molecule has 7 nitrogen and oxygen atoms in total. The van der Waals surface area contributed by atoms with E-state index in [1.807, 2.05) is 37.7 Å². The number of hydrogen-bond acceptors (Lipinski definition) is 4. The summed E-state index contributed by atoms with van der Waals surface area (Å²) in [6, 6.07) is 7.12. The lowest BCUT2D eigenvalue weighted by molar-refractivity contribution is -0.121. The second-order valence-electron chi connectivity index (χ2n) is 7.40. The Bertz CT molecular complexity index is 916. The minimum Gasteiger partial charge on any atom is -0.352 e. The van der Waals surface area contributed by atoms with Crippen molar-refractivity contribution in [1.29, 1.82) is 0 Å². The van der Waals surface area contributed by atoms with Gasteiger partial charge in [0.2, 0.25) is 15.9 Å². The van der Waals surface area contributed by atoms with Crippen LogP contribution >= 0.6 is 0 Å². The molecule has 0 aliphatic carbocycles. The lowest BCUT2D eigenvalue weighted by Crippen LogP contribution is -2.31. The number of carbonyl (C=O) groups excluding carboxylic acids is 1. The van der Waals surface area contributed by atoms with E-state index in [-0.39, 0.29) is 17.7 Å². The molecular formula is C20H30N4O3S. The summed E-state index contributed by atoms with van der Waals surface area (Å²) >= 11 is 0. The molecule has 2 rings (SSSR count). The molecule has 0 radical (unpaired) electrons. The molecule has 1 amide bonds. The van der Waals surface area contributed by atoms with Gasteiger partial charge < -0.3 is 5.32 Å². The van der Waals surface area contributed by atoms with Crippen LogP contribution in [0, 0.1) is 13.8 Å². The molecule has 1 heterocycles. The number of nitrogens with zero attached hydrogens (tertiary/aromatic N) is 2. The number of rotatable bonds is 9. The van der Waals surface area contributed by atoms with Crippen LogP contribution in [0.3, 0.4) is 0 Å². The van der Waals surface area contributed by atoms with Crippen LogP contribution in [0.5, 0.6) is 0 Å². The first-order valence-corrected chi connectivity index (χ1v) is 11.1. The highest BCUT2D eigenvalue weighted by atomic mass is 32.2. The largest absolute Gasteiger partial charge is 0.352 e. The van der Waals surface area contributed by atoms with Crippen molar-refractivity contribution in [2.24, 2.45) is 7.05 Å². The Kier molecular flexibility index (Phi) is 7.37. The third-order valence-corrected chi connectivity index (χ3v) is 6.09. The Hall–Kier alpha value is -2.19. The molecule has 2 N–H and O–H groups in total. The van der Waals surface area contributed by atoms with Gasteiger partial charge in [-0.1, -0.05) is 24.3 Å². The minimum atomic E-state index is -3.34. The zero-order valence-electron chi connectivity index (χ0n) is 17.2. The molecular weight excluding hydrogens is 376 g/mol. The van der Waals surface area contributed by atoms with Gasteiger partial charge in [0.05, 0.1) is 11.4 Å². The monoisotopic (exact) mass is 406 g/mol. The Morgan fingerprint density at radius 3 is 2.29 bits per heavy atom. The Morgan fingerprint density at radius 2 is 1.75 bits per heavy atom. The molecule has 0 unspecified atom stereocenters. The maximum absolute atomic E-state index is 12.2. The third-order valence-electron chi connectivity index (χ3n) is 4.55. The van der Waals surface area contributed by atoms with Gasteiger partial charge in [-0.05, 0) is 50.8 Å². The van der Waals surface area contributed by atoms with Gasteiger partial charge in [0.25, 0.3) is 0 Å². The minimum absolute atomic E-state index is 0.0181. The molecule has 28 heavy (non-hydrogen) atoms. The van der Waals surface area contributed by atoms with Crippen molar-refractivity contribution >= 4 is 15.9 Å². The topological polar surface area (TPSA) is 93.1 Å². The fourth-order valence-corrected chi connectivity index (χ4v) is 4.51. The van der Waals surface area contributed by atoms with Gasteiger partial charge in [0.1, 0.15) is 0 Å². The van der Waals surface area contributed by atoms with E-state index in [9.17, 15) is 13.2 Å². The van der Waals surface area contributed by atoms with Gasteiger partial charge in [-0.3, -0.25) is 9.48 Å². The van der Waals surface area contributed by atoms with Crippen molar-refractivity contribution in [3.05, 3.63) is 52.3 Å². The first-order valence-electron chi connectivity index (χ1n) is 9.41. The lowest BCUT2D eigenvalue weighted by atomic mass is 10.1. The van der Waals surface area contributed by atoms with Gasteiger partial charge >= 0.3 is 0 Å². The molecule has 1 aromatic heterocycles. The number of amides is 1. The van der Waals surface area contributed by atoms with Crippen molar-refractivity contribution in [2.75, 3.05) is 0 Å². The van der Waals surface area contributed by atoms with Crippen LogP contribution in [0.1, 0.15) is 48.3 Å². The van der Waals surface area contributed by atoms with Crippen molar-refractivity contribution in [3.8, 4) is 0 Å². The van der Waals surface area contributed by atoms with E-state index in [0.717, 1.165) is 22.5 Å². The first kappa shape index (κ1) is 22.1. The zero-order valence-corrected chi connectivity index (χ0v) is 18.1. The number of aryl methyl sites for hydroxylation is 2. The molecule has 2 aromatic rings. The quantitative estimate of drug-likeness (QED) is 0.667. The van der Waals surface area contributed by atoms with Crippen LogP contribution in [-0.4, -0.2) is 30.1 Å². The molecule has 0 atom stereocenters. The van der Waals surface area contributed by atoms with Crippen molar-refractivity contribution in [3.63, 3.8) is 0 Å². The van der Waals surface area contributed by atoms with Gasteiger partial charge in [-0.25, -0.2) is 13.1 Å². The summed E-state index contributed by atoms with van der Waals surface area (Å²) in [6.07, 6.45) is 1.07. The van der Waals surface area contributed by atoms with Gasteiger partial charge in [0.15, 0.2) is 0 Å². The summed E-state index contributed by atoms with van der Waals surface area (Å²) in [5.41, 5.74) is 4.82. The fourth-order valence-electron chi connectivity index (χ4n) is 3.08. The summed E-state index contributed by atoms with van der Waals surface area (Å²) in [4.78, 5) is 12.2. The number of benzene rings is 1. The Morgan fingerprint density at radius 1 is 1.14 bits per heavy atom. The number of sulfonamides is 1. The van der Waals surface area contributed by atoms with Crippen LogP contribution < -0.4 is 10.0 Å². The summed E-state index contributed by atoms with van der Waals surface area (Å²) in [6.45, 7) is 7.96. The molecule has 0 bridgehead atoms. The van der Waals surface area contributed by atoms with E-state index in [1.165, 1.54) is 0 Å². The average Bonchev–Trinajstić information content (AvgIpc) is 2.83. The SMILES string of the molecule is Cc1nn(C)c(C)c1CCC(=O)NCc1ccc(CS(=O)(=O)NC(C)C)cc1. The normalized spacial score (nSPS) is 11.8. The fraction of sp³-hybridized carbons (Fsp3) is 0.500. The van der Waals surface area contributed by atoms with E-state index in [2.05, 4.69) is 15.1 Å². The number of carbonyl (C=O) groups is 1.